The molecule has 3 nitrogen and oxygen atoms in total. The molecule has 1 heterocycles. The minimum Gasteiger partial charge on any atom is -0.497 e. The molecule has 0 unspecified atom stereocenters. The third kappa shape index (κ3) is 3.61. The fourth-order valence-electron chi connectivity index (χ4n) is 2.68. The number of methoxy groups -OCH3 is 1. The average Bonchev–Trinajstić information content (AvgIpc) is 3.01. The summed E-state index contributed by atoms with van der Waals surface area (Å²) in [6.45, 7) is 2.01. The van der Waals surface area contributed by atoms with Gasteiger partial charge in [0.05, 0.1) is 18.8 Å². The molecule has 0 atom stereocenters. The first-order valence-electron chi connectivity index (χ1n) is 7.82. The summed E-state index contributed by atoms with van der Waals surface area (Å²) in [5, 5.41) is 9.43. The van der Waals surface area contributed by atoms with Gasteiger partial charge < -0.3 is 9.30 Å². The lowest BCUT2D eigenvalue weighted by atomic mass is 10.1. The van der Waals surface area contributed by atoms with Gasteiger partial charge in [-0.05, 0) is 66.6 Å². The van der Waals surface area contributed by atoms with Crippen LogP contribution in [0, 0.1) is 24.1 Å². The number of benzene rings is 2. The highest BCUT2D eigenvalue weighted by molar-refractivity contribution is 5.89. The molecule has 0 aliphatic heterocycles. The van der Waals surface area contributed by atoms with E-state index in [1.807, 2.05) is 48.0 Å². The first-order valence-corrected chi connectivity index (χ1v) is 7.82. The second kappa shape index (κ2) is 7.06. The molecule has 4 heteroatoms. The zero-order valence-corrected chi connectivity index (χ0v) is 14.0. The van der Waals surface area contributed by atoms with Crippen LogP contribution in [-0.4, -0.2) is 11.7 Å². The van der Waals surface area contributed by atoms with Crippen LogP contribution in [0.3, 0.4) is 0 Å². The van der Waals surface area contributed by atoms with Crippen LogP contribution >= 0.6 is 0 Å². The Morgan fingerprint density at radius 1 is 1.12 bits per heavy atom. The van der Waals surface area contributed by atoms with Crippen LogP contribution in [0.1, 0.15) is 16.8 Å². The minimum atomic E-state index is -0.317. The second-order valence-corrected chi connectivity index (χ2v) is 5.66. The quantitative estimate of drug-likeness (QED) is 0.631. The highest BCUT2D eigenvalue weighted by atomic mass is 19.1. The van der Waals surface area contributed by atoms with E-state index in [0.29, 0.717) is 11.1 Å². The summed E-state index contributed by atoms with van der Waals surface area (Å²) in [5.74, 6) is 0.485. The van der Waals surface area contributed by atoms with E-state index in [2.05, 4.69) is 6.07 Å². The monoisotopic (exact) mass is 332 g/mol. The van der Waals surface area contributed by atoms with E-state index < -0.39 is 0 Å². The number of rotatable bonds is 4. The summed E-state index contributed by atoms with van der Waals surface area (Å²) in [7, 11) is 1.64. The number of halogens is 1. The Balaban J connectivity index is 1.95. The van der Waals surface area contributed by atoms with Crippen molar-refractivity contribution in [1.29, 1.82) is 5.26 Å². The standard InChI is InChI=1S/C21H17FN2O/c1-15-11-16(12-18(13-23)17-3-5-19(22)6-4-17)14-24(15)20-7-9-21(25-2)10-8-20/h3-12,14H,1-2H3/b18-12+. The van der Waals surface area contributed by atoms with Gasteiger partial charge in [-0.3, -0.25) is 0 Å². The third-order valence-corrected chi connectivity index (χ3v) is 3.97. The smallest absolute Gasteiger partial charge is 0.123 e. The molecule has 0 amide bonds. The van der Waals surface area contributed by atoms with E-state index in [0.717, 1.165) is 22.7 Å². The summed E-state index contributed by atoms with van der Waals surface area (Å²) in [6, 6.07) is 17.9. The van der Waals surface area contributed by atoms with Gasteiger partial charge >= 0.3 is 0 Å². The zero-order chi connectivity index (χ0) is 17.8. The molecule has 25 heavy (non-hydrogen) atoms. The molecule has 3 rings (SSSR count). The molecule has 1 aromatic heterocycles. The molecule has 0 saturated carbocycles. The van der Waals surface area contributed by atoms with Gasteiger partial charge in [-0.2, -0.15) is 5.26 Å². The fourth-order valence-corrected chi connectivity index (χ4v) is 2.68. The molecule has 124 valence electrons. The number of nitrogens with zero attached hydrogens (tertiary/aromatic N) is 2. The van der Waals surface area contributed by atoms with Crippen molar-refractivity contribution in [3.05, 3.63) is 83.4 Å². The zero-order valence-electron chi connectivity index (χ0n) is 14.0. The van der Waals surface area contributed by atoms with Crippen LogP contribution in [-0.2, 0) is 0 Å². The number of aryl methyl sites for hydroxylation is 1. The lowest BCUT2D eigenvalue weighted by molar-refractivity contribution is 0.414. The van der Waals surface area contributed by atoms with Crippen molar-refractivity contribution >= 4 is 11.6 Å². The number of hydrogen-bond donors (Lipinski definition) is 0. The van der Waals surface area contributed by atoms with Crippen molar-refractivity contribution in [1.82, 2.24) is 4.57 Å². The van der Waals surface area contributed by atoms with Gasteiger partial charge in [0.1, 0.15) is 11.6 Å². The van der Waals surface area contributed by atoms with Crippen LogP contribution < -0.4 is 4.74 Å². The van der Waals surface area contributed by atoms with Crippen molar-refractivity contribution in [2.45, 2.75) is 6.92 Å². The maximum Gasteiger partial charge on any atom is 0.123 e. The Bertz CT molecular complexity index is 945. The first kappa shape index (κ1) is 16.5. The second-order valence-electron chi connectivity index (χ2n) is 5.66. The first-order chi connectivity index (χ1) is 12.1. The molecular weight excluding hydrogens is 315 g/mol. The van der Waals surface area contributed by atoms with Crippen LogP contribution in [0.4, 0.5) is 4.39 Å². The summed E-state index contributed by atoms with van der Waals surface area (Å²) < 4.78 is 20.3. The van der Waals surface area contributed by atoms with Crippen molar-refractivity contribution in [3.8, 4) is 17.5 Å². The van der Waals surface area contributed by atoms with E-state index in [4.69, 9.17) is 4.74 Å². The maximum atomic E-state index is 13.1. The highest BCUT2D eigenvalue weighted by Crippen LogP contribution is 2.22. The number of nitriles is 1. The van der Waals surface area contributed by atoms with E-state index in [9.17, 15) is 9.65 Å². The number of aromatic nitrogens is 1. The predicted octanol–water partition coefficient (Wildman–Crippen LogP) is 5.00. The maximum absolute atomic E-state index is 13.1. The summed E-state index contributed by atoms with van der Waals surface area (Å²) in [6.07, 6.45) is 3.78. The normalized spacial score (nSPS) is 11.2. The Morgan fingerprint density at radius 3 is 2.40 bits per heavy atom. The van der Waals surface area contributed by atoms with Gasteiger partial charge in [-0.15, -0.1) is 0 Å². The van der Waals surface area contributed by atoms with Gasteiger partial charge in [-0.1, -0.05) is 12.1 Å². The molecule has 2 aromatic carbocycles. The number of ether oxygens (including phenoxy) is 1. The van der Waals surface area contributed by atoms with Crippen molar-refractivity contribution < 1.29 is 9.13 Å². The van der Waals surface area contributed by atoms with Gasteiger partial charge in [-0.25, -0.2) is 4.39 Å². The largest absolute Gasteiger partial charge is 0.497 e. The lowest BCUT2D eigenvalue weighted by Gasteiger charge is -2.06. The molecule has 0 fully saturated rings. The van der Waals surface area contributed by atoms with Crippen LogP contribution in [0.25, 0.3) is 17.3 Å². The van der Waals surface area contributed by atoms with Gasteiger partial charge in [0.25, 0.3) is 0 Å². The molecule has 0 N–H and O–H groups in total. The Kier molecular flexibility index (Phi) is 4.67. The molecule has 0 spiro atoms. The van der Waals surface area contributed by atoms with E-state index in [1.165, 1.54) is 12.1 Å². The van der Waals surface area contributed by atoms with Crippen LogP contribution in [0.2, 0.25) is 0 Å². The van der Waals surface area contributed by atoms with Crippen LogP contribution in [0.15, 0.2) is 60.8 Å². The molecule has 3 aromatic rings. The lowest BCUT2D eigenvalue weighted by Crippen LogP contribution is -1.94. The SMILES string of the molecule is COc1ccc(-n2cc(/C=C(\C#N)c3ccc(F)cc3)cc2C)cc1. The topological polar surface area (TPSA) is 38.0 Å². The van der Waals surface area contributed by atoms with Crippen molar-refractivity contribution in [3.63, 3.8) is 0 Å². The predicted molar refractivity (Wildman–Crippen MR) is 96.9 cm³/mol. The molecular formula is C21H17FN2O. The fraction of sp³-hybridized carbons (Fsp3) is 0.0952. The van der Waals surface area contributed by atoms with Crippen LogP contribution in [0.5, 0.6) is 5.75 Å². The van der Waals surface area contributed by atoms with Crippen molar-refractivity contribution in [2.75, 3.05) is 7.11 Å². The number of hydrogen-bond acceptors (Lipinski definition) is 2. The molecule has 0 bridgehead atoms. The van der Waals surface area contributed by atoms with E-state index in [1.54, 1.807) is 25.3 Å². The van der Waals surface area contributed by atoms with Crippen molar-refractivity contribution in [2.24, 2.45) is 0 Å². The minimum absolute atomic E-state index is 0.317. The molecule has 0 aliphatic rings. The highest BCUT2D eigenvalue weighted by Gasteiger charge is 2.06. The van der Waals surface area contributed by atoms with Gasteiger partial charge in [0, 0.05) is 17.6 Å². The number of allylic oxidation sites excluding steroid dienone is 1. The molecule has 0 aliphatic carbocycles. The Labute approximate surface area is 146 Å². The Morgan fingerprint density at radius 2 is 1.80 bits per heavy atom. The molecule has 0 radical (unpaired) electrons. The third-order valence-electron chi connectivity index (χ3n) is 3.97. The van der Waals surface area contributed by atoms with Gasteiger partial charge in [0.2, 0.25) is 0 Å². The summed E-state index contributed by atoms with van der Waals surface area (Å²) in [5.41, 5.74) is 4.16. The summed E-state index contributed by atoms with van der Waals surface area (Å²) >= 11 is 0. The molecule has 0 saturated heterocycles. The van der Waals surface area contributed by atoms with E-state index in [-0.39, 0.29) is 5.82 Å². The Hall–Kier alpha value is -3.32. The van der Waals surface area contributed by atoms with E-state index >= 15 is 0 Å². The van der Waals surface area contributed by atoms with Gasteiger partial charge in [0.15, 0.2) is 0 Å². The summed E-state index contributed by atoms with van der Waals surface area (Å²) in [4.78, 5) is 0. The average molecular weight is 332 g/mol.